The first-order valence-corrected chi connectivity index (χ1v) is 10.2. The number of hydrogen-bond donors (Lipinski definition) is 2. The van der Waals surface area contributed by atoms with Crippen molar-refractivity contribution in [2.24, 2.45) is 5.92 Å². The number of nitro groups is 1. The highest BCUT2D eigenvalue weighted by molar-refractivity contribution is 5.70. The summed E-state index contributed by atoms with van der Waals surface area (Å²) >= 11 is 0. The summed E-state index contributed by atoms with van der Waals surface area (Å²) in [4.78, 5) is 25.4. The van der Waals surface area contributed by atoms with E-state index in [1.807, 2.05) is 11.8 Å². The number of aliphatic hydroxyl groups is 1. The summed E-state index contributed by atoms with van der Waals surface area (Å²) in [6.07, 6.45) is 2.27. The van der Waals surface area contributed by atoms with Crippen LogP contribution in [-0.4, -0.2) is 46.5 Å². The van der Waals surface area contributed by atoms with Crippen LogP contribution in [0.5, 0.6) is 0 Å². The lowest BCUT2D eigenvalue weighted by atomic mass is 9.79. The van der Waals surface area contributed by atoms with Gasteiger partial charge in [0.2, 0.25) is 0 Å². The fourth-order valence-electron chi connectivity index (χ4n) is 4.28. The number of amides is 1. The SMILES string of the molecule is C[C@H]1CN(c2c([N+](=O)[O-])c[n+]([O-])c3c2CCC3)C[C@@H](NC(=O)OC(C)(C)C)C1(C)O. The van der Waals surface area contributed by atoms with E-state index >= 15 is 0 Å². The van der Waals surface area contributed by atoms with E-state index in [2.05, 4.69) is 5.32 Å². The van der Waals surface area contributed by atoms with Gasteiger partial charge in [0.25, 0.3) is 6.20 Å². The molecule has 3 rings (SSSR count). The molecule has 30 heavy (non-hydrogen) atoms. The molecule has 0 saturated carbocycles. The highest BCUT2D eigenvalue weighted by atomic mass is 16.6. The van der Waals surface area contributed by atoms with Crippen LogP contribution >= 0.6 is 0 Å². The zero-order chi connectivity index (χ0) is 22.4. The van der Waals surface area contributed by atoms with Crippen LogP contribution in [0.4, 0.5) is 16.2 Å². The molecule has 0 radical (unpaired) electrons. The first-order chi connectivity index (χ1) is 13.8. The van der Waals surface area contributed by atoms with Gasteiger partial charge in [0.1, 0.15) is 11.3 Å². The summed E-state index contributed by atoms with van der Waals surface area (Å²) < 4.78 is 5.93. The topological polar surface area (TPSA) is 132 Å². The van der Waals surface area contributed by atoms with Crippen molar-refractivity contribution in [1.82, 2.24) is 5.32 Å². The average molecular weight is 422 g/mol. The molecular formula is C20H30N4O6. The van der Waals surface area contributed by atoms with Gasteiger partial charge >= 0.3 is 11.8 Å². The Morgan fingerprint density at radius 1 is 1.40 bits per heavy atom. The number of carbonyl (C=O) groups is 1. The minimum atomic E-state index is -1.24. The molecule has 1 fully saturated rings. The smallest absolute Gasteiger partial charge is 0.408 e. The summed E-state index contributed by atoms with van der Waals surface area (Å²) in [7, 11) is 0. The van der Waals surface area contributed by atoms with E-state index in [-0.39, 0.29) is 18.2 Å². The monoisotopic (exact) mass is 422 g/mol. The Morgan fingerprint density at radius 3 is 2.67 bits per heavy atom. The molecule has 3 atom stereocenters. The fourth-order valence-corrected chi connectivity index (χ4v) is 4.28. The summed E-state index contributed by atoms with van der Waals surface area (Å²) in [6.45, 7) is 9.23. The summed E-state index contributed by atoms with van der Waals surface area (Å²) in [5.74, 6) is -0.303. The number of pyridine rings is 1. The molecule has 1 aromatic rings. The van der Waals surface area contributed by atoms with Crippen molar-refractivity contribution in [2.75, 3.05) is 18.0 Å². The molecule has 1 aliphatic heterocycles. The van der Waals surface area contributed by atoms with Crippen LogP contribution in [0.25, 0.3) is 0 Å². The molecule has 1 aromatic heterocycles. The van der Waals surface area contributed by atoms with E-state index in [9.17, 15) is 25.2 Å². The molecule has 10 heteroatoms. The van der Waals surface area contributed by atoms with E-state index in [0.717, 1.165) is 12.6 Å². The van der Waals surface area contributed by atoms with Gasteiger partial charge in [-0.25, -0.2) is 4.79 Å². The van der Waals surface area contributed by atoms with E-state index in [0.29, 0.717) is 41.1 Å². The average Bonchev–Trinajstić information content (AvgIpc) is 3.07. The highest BCUT2D eigenvalue weighted by Gasteiger charge is 2.47. The van der Waals surface area contributed by atoms with Crippen LogP contribution in [-0.2, 0) is 17.6 Å². The quantitative estimate of drug-likeness (QED) is 0.329. The molecule has 2 heterocycles. The molecule has 166 valence electrons. The summed E-state index contributed by atoms with van der Waals surface area (Å²) in [5.41, 5.74) is -0.538. The number of nitrogens with one attached hydrogen (secondary N) is 1. The molecule has 1 saturated heterocycles. The molecule has 2 aliphatic rings. The Labute approximate surface area is 175 Å². The van der Waals surface area contributed by atoms with Crippen LogP contribution in [0.15, 0.2) is 6.20 Å². The maximum absolute atomic E-state index is 12.4. The molecule has 0 bridgehead atoms. The van der Waals surface area contributed by atoms with Crippen molar-refractivity contribution in [3.05, 3.63) is 32.8 Å². The number of ether oxygens (including phenoxy) is 1. The third-order valence-electron chi connectivity index (χ3n) is 6.03. The van der Waals surface area contributed by atoms with Crippen molar-refractivity contribution >= 4 is 17.5 Å². The van der Waals surface area contributed by atoms with E-state index in [1.54, 1.807) is 27.7 Å². The van der Waals surface area contributed by atoms with Crippen LogP contribution in [0, 0.1) is 21.2 Å². The van der Waals surface area contributed by atoms with E-state index in [4.69, 9.17) is 4.74 Å². The lowest BCUT2D eigenvalue weighted by Crippen LogP contribution is -2.65. The predicted molar refractivity (Wildman–Crippen MR) is 109 cm³/mol. The van der Waals surface area contributed by atoms with Gasteiger partial charge in [0, 0.05) is 25.4 Å². The number of aromatic nitrogens is 1. The van der Waals surface area contributed by atoms with Crippen LogP contribution in [0.2, 0.25) is 0 Å². The Kier molecular flexibility index (Phi) is 5.57. The van der Waals surface area contributed by atoms with Gasteiger partial charge in [-0.1, -0.05) is 6.92 Å². The van der Waals surface area contributed by atoms with Crippen LogP contribution < -0.4 is 14.9 Å². The third kappa shape index (κ3) is 4.14. The number of anilines is 1. The Bertz CT molecular complexity index is 864. The van der Waals surface area contributed by atoms with Crippen LogP contribution in [0.1, 0.15) is 52.3 Å². The van der Waals surface area contributed by atoms with Gasteiger partial charge in [0.15, 0.2) is 5.69 Å². The molecule has 2 N–H and O–H groups in total. The number of fused-ring (bicyclic) bond motifs is 1. The maximum atomic E-state index is 12.4. The second-order valence-corrected chi connectivity index (χ2v) is 9.46. The van der Waals surface area contributed by atoms with Crippen molar-refractivity contribution in [3.8, 4) is 0 Å². The van der Waals surface area contributed by atoms with E-state index < -0.39 is 28.3 Å². The fraction of sp³-hybridized carbons (Fsp3) is 0.700. The summed E-state index contributed by atoms with van der Waals surface area (Å²) in [5, 5.41) is 37.8. The van der Waals surface area contributed by atoms with Gasteiger partial charge in [-0.2, -0.15) is 4.73 Å². The minimum absolute atomic E-state index is 0.159. The standard InChI is InChI=1S/C20H30N4O6/c1-12-9-22(11-16(20(12,5)26)21-18(25)30-19(2,3)4)17-13-7-6-8-14(13)23(27)10-15(17)24(28)29/h10,12,16,26H,6-9,11H2,1-5H3,(H,21,25)/t12-,16+,20?/m0/s1. The molecule has 1 unspecified atom stereocenters. The lowest BCUT2D eigenvalue weighted by molar-refractivity contribution is -0.617. The summed E-state index contributed by atoms with van der Waals surface area (Å²) in [6, 6.07) is -0.715. The maximum Gasteiger partial charge on any atom is 0.408 e. The second kappa shape index (κ2) is 7.57. The lowest BCUT2D eigenvalue weighted by Gasteiger charge is -2.47. The van der Waals surface area contributed by atoms with Crippen molar-refractivity contribution in [1.29, 1.82) is 0 Å². The van der Waals surface area contributed by atoms with Crippen molar-refractivity contribution < 1.29 is 24.3 Å². The molecule has 0 spiro atoms. The van der Waals surface area contributed by atoms with Gasteiger partial charge in [-0.05, 0) is 40.5 Å². The zero-order valence-electron chi connectivity index (χ0n) is 18.1. The highest BCUT2D eigenvalue weighted by Crippen LogP contribution is 2.40. The molecule has 1 aliphatic carbocycles. The van der Waals surface area contributed by atoms with Gasteiger partial charge in [-0.15, -0.1) is 0 Å². The number of piperidine rings is 1. The van der Waals surface area contributed by atoms with Gasteiger partial charge in [-0.3, -0.25) is 10.1 Å². The Hall–Kier alpha value is -2.62. The number of hydrogen-bond acceptors (Lipinski definition) is 7. The third-order valence-corrected chi connectivity index (χ3v) is 6.03. The van der Waals surface area contributed by atoms with Crippen molar-refractivity contribution in [3.63, 3.8) is 0 Å². The molecule has 10 nitrogen and oxygen atoms in total. The number of nitrogens with zero attached hydrogens (tertiary/aromatic N) is 3. The first kappa shape index (κ1) is 22.1. The second-order valence-electron chi connectivity index (χ2n) is 9.46. The number of carbonyl (C=O) groups excluding carboxylic acids is 1. The number of rotatable bonds is 3. The molecule has 0 aromatic carbocycles. The van der Waals surface area contributed by atoms with Crippen molar-refractivity contribution in [2.45, 2.75) is 71.1 Å². The largest absolute Gasteiger partial charge is 0.618 e. The van der Waals surface area contributed by atoms with Crippen LogP contribution in [0.3, 0.4) is 0 Å². The number of alkyl carbamates (subject to hydrolysis) is 1. The molecular weight excluding hydrogens is 392 g/mol. The van der Waals surface area contributed by atoms with E-state index in [1.165, 1.54) is 0 Å². The van der Waals surface area contributed by atoms with Gasteiger partial charge in [0.05, 0.1) is 22.1 Å². The normalized spacial score (nSPS) is 26.3. The first-order valence-electron chi connectivity index (χ1n) is 10.2. The molecule has 1 amide bonds. The Balaban J connectivity index is 1.97. The minimum Gasteiger partial charge on any atom is -0.618 e. The predicted octanol–water partition coefficient (Wildman–Crippen LogP) is 1.82. The van der Waals surface area contributed by atoms with Gasteiger partial charge < -0.3 is 25.3 Å². The zero-order valence-corrected chi connectivity index (χ0v) is 18.1. The Morgan fingerprint density at radius 2 is 2.07 bits per heavy atom.